The lowest BCUT2D eigenvalue weighted by Gasteiger charge is -2.37. The van der Waals surface area contributed by atoms with Crippen LogP contribution in [-0.2, 0) is 14.8 Å². The average Bonchev–Trinajstić information content (AvgIpc) is 2.46. The van der Waals surface area contributed by atoms with Crippen LogP contribution < -0.4 is 5.32 Å². The highest BCUT2D eigenvalue weighted by molar-refractivity contribution is 7.89. The third-order valence-electron chi connectivity index (χ3n) is 4.49. The summed E-state index contributed by atoms with van der Waals surface area (Å²) in [6, 6.07) is 0.0178. The quantitative estimate of drug-likeness (QED) is 0.829. The lowest BCUT2D eigenvalue weighted by molar-refractivity contribution is -0.0230. The molecule has 0 aromatic heterocycles. The fourth-order valence-electron chi connectivity index (χ4n) is 3.08. The lowest BCUT2D eigenvalue weighted by atomic mass is 9.96. The largest absolute Gasteiger partial charge is 0.375 e. The van der Waals surface area contributed by atoms with Gasteiger partial charge < -0.3 is 10.1 Å². The summed E-state index contributed by atoms with van der Waals surface area (Å²) in [5.41, 5.74) is 0. The van der Waals surface area contributed by atoms with E-state index in [-0.39, 0.29) is 12.1 Å². The summed E-state index contributed by atoms with van der Waals surface area (Å²) in [4.78, 5) is 0. The first kappa shape index (κ1) is 16.2. The molecule has 118 valence electrons. The molecule has 0 aromatic carbocycles. The van der Waals surface area contributed by atoms with E-state index in [1.54, 1.807) is 4.31 Å². The van der Waals surface area contributed by atoms with Gasteiger partial charge in [-0.25, -0.2) is 8.42 Å². The SMILES string of the molecule is CCC1COC(C)CN1S(=O)(=O)CCC1CCNCC1. The van der Waals surface area contributed by atoms with Gasteiger partial charge in [0.1, 0.15) is 0 Å². The number of rotatable bonds is 5. The summed E-state index contributed by atoms with van der Waals surface area (Å²) in [6.07, 6.45) is 3.83. The van der Waals surface area contributed by atoms with E-state index in [4.69, 9.17) is 4.74 Å². The molecule has 1 N–H and O–H groups in total. The monoisotopic (exact) mass is 304 g/mol. The number of sulfonamides is 1. The Bertz CT molecular complexity index is 393. The van der Waals surface area contributed by atoms with E-state index >= 15 is 0 Å². The van der Waals surface area contributed by atoms with Crippen molar-refractivity contribution in [2.75, 3.05) is 32.0 Å². The lowest BCUT2D eigenvalue weighted by Crippen LogP contribution is -2.52. The molecule has 2 heterocycles. The van der Waals surface area contributed by atoms with Crippen molar-refractivity contribution in [3.63, 3.8) is 0 Å². The van der Waals surface area contributed by atoms with Crippen LogP contribution >= 0.6 is 0 Å². The smallest absolute Gasteiger partial charge is 0.214 e. The van der Waals surface area contributed by atoms with Crippen LogP contribution in [0.3, 0.4) is 0 Å². The molecule has 2 atom stereocenters. The minimum absolute atomic E-state index is 0.00598. The summed E-state index contributed by atoms with van der Waals surface area (Å²) in [6.45, 7) is 7.06. The van der Waals surface area contributed by atoms with E-state index in [9.17, 15) is 8.42 Å². The van der Waals surface area contributed by atoms with Crippen molar-refractivity contribution in [2.24, 2.45) is 5.92 Å². The van der Waals surface area contributed by atoms with Crippen LogP contribution in [0.15, 0.2) is 0 Å². The van der Waals surface area contributed by atoms with Crippen molar-refractivity contribution < 1.29 is 13.2 Å². The van der Waals surface area contributed by atoms with E-state index in [1.807, 2.05) is 13.8 Å². The van der Waals surface area contributed by atoms with Gasteiger partial charge in [-0.15, -0.1) is 0 Å². The summed E-state index contributed by atoms with van der Waals surface area (Å²) >= 11 is 0. The Balaban J connectivity index is 1.93. The zero-order chi connectivity index (χ0) is 14.6. The molecule has 6 heteroatoms. The van der Waals surface area contributed by atoms with Crippen LogP contribution in [0.25, 0.3) is 0 Å². The molecule has 2 aliphatic rings. The van der Waals surface area contributed by atoms with E-state index in [2.05, 4.69) is 5.32 Å². The summed E-state index contributed by atoms with van der Waals surface area (Å²) in [7, 11) is -3.14. The number of hydrogen-bond donors (Lipinski definition) is 1. The zero-order valence-electron chi connectivity index (χ0n) is 12.7. The number of ether oxygens (including phenoxy) is 1. The first-order chi connectivity index (χ1) is 9.53. The molecule has 2 rings (SSSR count). The van der Waals surface area contributed by atoms with Gasteiger partial charge in [0.25, 0.3) is 0 Å². The molecule has 0 aromatic rings. The molecule has 0 spiro atoms. The standard InChI is InChI=1S/C14H28N2O3S/c1-3-14-11-19-12(2)10-16(14)20(17,18)9-6-13-4-7-15-8-5-13/h12-15H,3-11H2,1-2H3. The molecular weight excluding hydrogens is 276 g/mol. The number of morpholine rings is 1. The van der Waals surface area contributed by atoms with Crippen LogP contribution in [-0.4, -0.2) is 56.9 Å². The van der Waals surface area contributed by atoms with Crippen molar-refractivity contribution in [3.05, 3.63) is 0 Å². The van der Waals surface area contributed by atoms with Gasteiger partial charge >= 0.3 is 0 Å². The van der Waals surface area contributed by atoms with E-state index in [1.165, 1.54) is 0 Å². The van der Waals surface area contributed by atoms with Crippen molar-refractivity contribution in [3.8, 4) is 0 Å². The number of nitrogens with zero attached hydrogens (tertiary/aromatic N) is 1. The summed E-state index contributed by atoms with van der Waals surface area (Å²) in [5.74, 6) is 0.852. The van der Waals surface area contributed by atoms with Gasteiger partial charge in [0.2, 0.25) is 10.0 Å². The molecule has 2 aliphatic heterocycles. The van der Waals surface area contributed by atoms with Crippen LogP contribution in [0.4, 0.5) is 0 Å². The number of nitrogens with one attached hydrogen (secondary N) is 1. The molecule has 0 bridgehead atoms. The molecule has 0 saturated carbocycles. The molecule has 2 saturated heterocycles. The van der Waals surface area contributed by atoms with E-state index < -0.39 is 10.0 Å². The summed E-state index contributed by atoms with van der Waals surface area (Å²) in [5, 5.41) is 3.32. The molecule has 2 unspecified atom stereocenters. The highest BCUT2D eigenvalue weighted by atomic mass is 32.2. The Morgan fingerprint density at radius 3 is 2.65 bits per heavy atom. The van der Waals surface area contributed by atoms with Gasteiger partial charge in [-0.2, -0.15) is 4.31 Å². The Hall–Kier alpha value is -0.170. The normalized spacial score (nSPS) is 30.5. The minimum atomic E-state index is -3.14. The first-order valence-corrected chi connectivity index (χ1v) is 9.45. The summed E-state index contributed by atoms with van der Waals surface area (Å²) < 4.78 is 32.5. The topological polar surface area (TPSA) is 58.6 Å². The molecule has 0 radical (unpaired) electrons. The second-order valence-corrected chi connectivity index (χ2v) is 8.11. The maximum atomic E-state index is 12.6. The van der Waals surface area contributed by atoms with Crippen LogP contribution in [0.1, 0.15) is 39.5 Å². The van der Waals surface area contributed by atoms with Gasteiger partial charge in [0.05, 0.1) is 18.5 Å². The average molecular weight is 304 g/mol. The van der Waals surface area contributed by atoms with Crippen molar-refractivity contribution in [1.29, 1.82) is 0 Å². The van der Waals surface area contributed by atoms with Crippen LogP contribution in [0.2, 0.25) is 0 Å². The van der Waals surface area contributed by atoms with Crippen molar-refractivity contribution >= 4 is 10.0 Å². The zero-order valence-corrected chi connectivity index (χ0v) is 13.5. The molecule has 0 aliphatic carbocycles. The van der Waals surface area contributed by atoms with Gasteiger partial charge in [-0.05, 0) is 51.6 Å². The third-order valence-corrected chi connectivity index (χ3v) is 6.40. The molecule has 5 nitrogen and oxygen atoms in total. The Labute approximate surface area is 123 Å². The number of hydrogen-bond acceptors (Lipinski definition) is 4. The molecule has 0 amide bonds. The van der Waals surface area contributed by atoms with E-state index in [0.29, 0.717) is 24.8 Å². The van der Waals surface area contributed by atoms with Crippen LogP contribution in [0, 0.1) is 5.92 Å². The Kier molecular flexibility index (Phi) is 5.84. The Morgan fingerprint density at radius 2 is 2.00 bits per heavy atom. The van der Waals surface area contributed by atoms with Gasteiger partial charge in [0, 0.05) is 12.6 Å². The first-order valence-electron chi connectivity index (χ1n) is 7.84. The van der Waals surface area contributed by atoms with Crippen molar-refractivity contribution in [1.82, 2.24) is 9.62 Å². The fraction of sp³-hybridized carbons (Fsp3) is 1.00. The van der Waals surface area contributed by atoms with Gasteiger partial charge in [0.15, 0.2) is 0 Å². The molecule has 20 heavy (non-hydrogen) atoms. The maximum Gasteiger partial charge on any atom is 0.214 e. The Morgan fingerprint density at radius 1 is 1.30 bits per heavy atom. The van der Waals surface area contributed by atoms with Gasteiger partial charge in [-0.1, -0.05) is 6.92 Å². The molecular formula is C14H28N2O3S. The van der Waals surface area contributed by atoms with Crippen LogP contribution in [0.5, 0.6) is 0 Å². The number of piperidine rings is 1. The second kappa shape index (κ2) is 7.20. The highest BCUT2D eigenvalue weighted by Crippen LogP contribution is 2.22. The minimum Gasteiger partial charge on any atom is -0.375 e. The second-order valence-electron chi connectivity index (χ2n) is 6.07. The maximum absolute atomic E-state index is 12.6. The third kappa shape index (κ3) is 4.16. The van der Waals surface area contributed by atoms with E-state index in [0.717, 1.165) is 38.8 Å². The van der Waals surface area contributed by atoms with Crippen molar-refractivity contribution in [2.45, 2.75) is 51.7 Å². The predicted molar refractivity (Wildman–Crippen MR) is 80.2 cm³/mol. The highest BCUT2D eigenvalue weighted by Gasteiger charge is 2.34. The predicted octanol–water partition coefficient (Wildman–Crippen LogP) is 1.21. The fourth-order valence-corrected chi connectivity index (χ4v) is 5.05. The molecule has 2 fully saturated rings. The van der Waals surface area contributed by atoms with Gasteiger partial charge in [-0.3, -0.25) is 0 Å².